The summed E-state index contributed by atoms with van der Waals surface area (Å²) >= 11 is 0. The number of amides is 1. The number of carbonyl (C=O) groups excluding carboxylic acids is 1. The van der Waals surface area contributed by atoms with Crippen molar-refractivity contribution in [2.45, 2.75) is 39.2 Å². The summed E-state index contributed by atoms with van der Waals surface area (Å²) in [4.78, 5) is 25.8. The molecule has 0 spiro atoms. The number of pyridine rings is 1. The number of halogens is 1. The van der Waals surface area contributed by atoms with Crippen molar-refractivity contribution in [2.75, 3.05) is 0 Å². The van der Waals surface area contributed by atoms with E-state index in [-0.39, 0.29) is 28.9 Å². The molecule has 4 aromatic rings. The van der Waals surface area contributed by atoms with E-state index in [4.69, 9.17) is 4.52 Å². The summed E-state index contributed by atoms with van der Waals surface area (Å²) in [5.41, 5.74) is 1.37. The highest BCUT2D eigenvalue weighted by molar-refractivity contribution is 5.92. The Hall–Kier alpha value is -3.88. The lowest BCUT2D eigenvalue weighted by Crippen LogP contribution is -2.26. The van der Waals surface area contributed by atoms with Crippen LogP contribution in [0.25, 0.3) is 17.3 Å². The van der Waals surface area contributed by atoms with Gasteiger partial charge in [-0.3, -0.25) is 9.36 Å². The van der Waals surface area contributed by atoms with Crippen molar-refractivity contribution in [3.63, 3.8) is 0 Å². The molecule has 164 valence electrons. The molecule has 4 rings (SSSR count). The Morgan fingerprint density at radius 2 is 1.91 bits per heavy atom. The van der Waals surface area contributed by atoms with Crippen LogP contribution in [0.4, 0.5) is 4.39 Å². The summed E-state index contributed by atoms with van der Waals surface area (Å²) in [5.74, 6) is 0.749. The van der Waals surface area contributed by atoms with Crippen LogP contribution in [0.2, 0.25) is 0 Å². The number of benzene rings is 1. The van der Waals surface area contributed by atoms with Crippen molar-refractivity contribution in [1.82, 2.24) is 30.0 Å². The van der Waals surface area contributed by atoms with Gasteiger partial charge in [0, 0.05) is 17.8 Å². The van der Waals surface area contributed by atoms with Crippen molar-refractivity contribution < 1.29 is 13.7 Å². The number of imidazole rings is 1. The Bertz CT molecular complexity index is 1240. The lowest BCUT2D eigenvalue weighted by molar-refractivity contribution is 0.0935. The lowest BCUT2D eigenvalue weighted by atomic mass is 9.96. The van der Waals surface area contributed by atoms with Crippen molar-refractivity contribution in [2.24, 2.45) is 0 Å². The fraction of sp³-hybridized carbons (Fsp3) is 0.261. The van der Waals surface area contributed by atoms with Crippen LogP contribution in [-0.2, 0) is 5.41 Å². The topological polar surface area (TPSA) is 98.7 Å². The molecule has 3 heterocycles. The second kappa shape index (κ2) is 8.33. The monoisotopic (exact) mass is 434 g/mol. The molecule has 0 bridgehead atoms. The van der Waals surface area contributed by atoms with Crippen LogP contribution < -0.4 is 5.32 Å². The summed E-state index contributed by atoms with van der Waals surface area (Å²) in [7, 11) is 0. The van der Waals surface area contributed by atoms with Gasteiger partial charge in [-0.05, 0) is 36.8 Å². The predicted molar refractivity (Wildman–Crippen MR) is 116 cm³/mol. The lowest BCUT2D eigenvalue weighted by Gasteiger charge is -2.13. The number of hydrogen-bond donors (Lipinski definition) is 1. The van der Waals surface area contributed by atoms with Gasteiger partial charge in [-0.25, -0.2) is 14.4 Å². The highest BCUT2D eigenvalue weighted by Gasteiger charge is 2.23. The molecule has 32 heavy (non-hydrogen) atoms. The number of nitrogens with one attached hydrogen (secondary N) is 1. The number of hydrogen-bond acceptors (Lipinski definition) is 6. The van der Waals surface area contributed by atoms with Gasteiger partial charge >= 0.3 is 0 Å². The highest BCUT2D eigenvalue weighted by Crippen LogP contribution is 2.27. The second-order valence-corrected chi connectivity index (χ2v) is 8.46. The van der Waals surface area contributed by atoms with E-state index >= 15 is 0 Å². The van der Waals surface area contributed by atoms with E-state index in [0.29, 0.717) is 23.1 Å². The Balaban J connectivity index is 1.57. The molecule has 9 heteroatoms. The first-order chi connectivity index (χ1) is 15.2. The number of nitrogens with zero attached hydrogens (tertiary/aromatic N) is 5. The Kier molecular flexibility index (Phi) is 5.56. The van der Waals surface area contributed by atoms with Gasteiger partial charge in [-0.2, -0.15) is 4.98 Å². The molecule has 8 nitrogen and oxygen atoms in total. The van der Waals surface area contributed by atoms with Gasteiger partial charge in [0.25, 0.3) is 11.8 Å². The van der Waals surface area contributed by atoms with Gasteiger partial charge in [-0.1, -0.05) is 38.1 Å². The van der Waals surface area contributed by atoms with Crippen LogP contribution in [0.5, 0.6) is 0 Å². The fourth-order valence-corrected chi connectivity index (χ4v) is 3.07. The van der Waals surface area contributed by atoms with Gasteiger partial charge in [-0.15, -0.1) is 0 Å². The van der Waals surface area contributed by atoms with Gasteiger partial charge in [0.1, 0.15) is 17.8 Å². The molecule has 0 saturated heterocycles. The van der Waals surface area contributed by atoms with Crippen molar-refractivity contribution in [3.05, 3.63) is 78.0 Å². The molecule has 1 amide bonds. The van der Waals surface area contributed by atoms with E-state index in [2.05, 4.69) is 25.4 Å². The largest absolute Gasteiger partial charge is 0.344 e. The first-order valence-electron chi connectivity index (χ1n) is 10.1. The average molecular weight is 434 g/mol. The minimum atomic E-state index is -0.356. The normalized spacial score (nSPS) is 12.5. The van der Waals surface area contributed by atoms with Crippen LogP contribution in [0.3, 0.4) is 0 Å². The summed E-state index contributed by atoms with van der Waals surface area (Å²) in [5, 5.41) is 6.94. The average Bonchev–Trinajstić information content (AvgIpc) is 3.44. The van der Waals surface area contributed by atoms with E-state index in [1.165, 1.54) is 18.5 Å². The van der Waals surface area contributed by atoms with Crippen LogP contribution in [0, 0.1) is 5.82 Å². The molecule has 1 atom stereocenters. The van der Waals surface area contributed by atoms with E-state index in [0.717, 1.165) is 5.56 Å². The maximum absolute atomic E-state index is 13.1. The van der Waals surface area contributed by atoms with Crippen LogP contribution >= 0.6 is 0 Å². The molecule has 1 aromatic carbocycles. The first kappa shape index (κ1) is 21.4. The van der Waals surface area contributed by atoms with Crippen molar-refractivity contribution >= 4 is 5.91 Å². The zero-order valence-electron chi connectivity index (χ0n) is 18.2. The smallest absolute Gasteiger partial charge is 0.271 e. The predicted octanol–water partition coefficient (Wildman–Crippen LogP) is 4.24. The molecule has 0 aliphatic rings. The van der Waals surface area contributed by atoms with Crippen molar-refractivity contribution in [3.8, 4) is 17.3 Å². The molecular formula is C23H23FN6O2. The molecular weight excluding hydrogens is 411 g/mol. The van der Waals surface area contributed by atoms with Gasteiger partial charge in [0.15, 0.2) is 11.6 Å². The molecule has 0 radical (unpaired) electrons. The molecule has 3 aromatic heterocycles. The van der Waals surface area contributed by atoms with E-state index in [1.807, 2.05) is 33.8 Å². The van der Waals surface area contributed by atoms with E-state index in [9.17, 15) is 9.18 Å². The third-order valence-electron chi connectivity index (χ3n) is 4.89. The summed E-state index contributed by atoms with van der Waals surface area (Å²) < 4.78 is 20.2. The fourth-order valence-electron chi connectivity index (χ4n) is 3.07. The third-order valence-corrected chi connectivity index (χ3v) is 4.89. The first-order valence-corrected chi connectivity index (χ1v) is 10.1. The van der Waals surface area contributed by atoms with E-state index in [1.54, 1.807) is 35.2 Å². The Morgan fingerprint density at radius 3 is 2.59 bits per heavy atom. The summed E-state index contributed by atoms with van der Waals surface area (Å²) in [6, 6.07) is 9.26. The molecule has 1 N–H and O–H groups in total. The standard InChI is InChI=1S/C23H23FN6O2/c1-14(15-7-9-16(24)10-8-15)27-20(31)18-12-30(13-26-18)19-17(6-5-11-25-19)21-28-22(29-32-21)23(2,3)4/h5-14H,1-4H3,(H,27,31)/t14-/m0/s1. The second-order valence-electron chi connectivity index (χ2n) is 8.46. The van der Waals surface area contributed by atoms with E-state index < -0.39 is 0 Å². The molecule has 0 saturated carbocycles. The molecule has 0 aliphatic heterocycles. The third kappa shape index (κ3) is 4.41. The SMILES string of the molecule is C[C@H](NC(=O)c1cn(-c2ncccc2-c2nc(C(C)(C)C)no2)cn1)c1ccc(F)cc1. The Morgan fingerprint density at radius 1 is 1.16 bits per heavy atom. The van der Waals surface area contributed by atoms with Crippen LogP contribution in [-0.4, -0.2) is 30.6 Å². The van der Waals surface area contributed by atoms with Crippen molar-refractivity contribution in [1.29, 1.82) is 0 Å². The van der Waals surface area contributed by atoms with Crippen LogP contribution in [0.15, 0.2) is 59.6 Å². The molecule has 0 unspecified atom stereocenters. The maximum atomic E-state index is 13.1. The van der Waals surface area contributed by atoms with Gasteiger partial charge < -0.3 is 9.84 Å². The molecule has 0 fully saturated rings. The molecule has 0 aliphatic carbocycles. The summed E-state index contributed by atoms with van der Waals surface area (Å²) in [6.07, 6.45) is 4.72. The zero-order chi connectivity index (χ0) is 22.9. The van der Waals surface area contributed by atoms with Gasteiger partial charge in [0.05, 0.1) is 11.6 Å². The Labute approximate surface area is 184 Å². The minimum Gasteiger partial charge on any atom is -0.344 e. The minimum absolute atomic E-state index is 0.219. The number of aromatic nitrogens is 5. The number of carbonyl (C=O) groups is 1. The maximum Gasteiger partial charge on any atom is 0.271 e. The number of rotatable bonds is 5. The van der Waals surface area contributed by atoms with Crippen LogP contribution in [0.1, 0.15) is 55.6 Å². The quantitative estimate of drug-likeness (QED) is 0.504. The van der Waals surface area contributed by atoms with Gasteiger partial charge in [0.2, 0.25) is 0 Å². The summed E-state index contributed by atoms with van der Waals surface area (Å²) in [6.45, 7) is 7.82. The zero-order valence-corrected chi connectivity index (χ0v) is 18.2. The highest BCUT2D eigenvalue weighted by atomic mass is 19.1.